The van der Waals surface area contributed by atoms with E-state index in [1.165, 1.54) is 10.5 Å². The summed E-state index contributed by atoms with van der Waals surface area (Å²) in [5, 5.41) is 0. The van der Waals surface area contributed by atoms with Crippen LogP contribution in [0.4, 0.5) is 4.79 Å². The van der Waals surface area contributed by atoms with Gasteiger partial charge in [-0.1, -0.05) is 30.3 Å². The third kappa shape index (κ3) is 1.80. The van der Waals surface area contributed by atoms with Gasteiger partial charge in [0.15, 0.2) is 0 Å². The fourth-order valence-corrected chi connectivity index (χ4v) is 2.54. The van der Waals surface area contributed by atoms with Crippen LogP contribution in [-0.4, -0.2) is 37.3 Å². The zero-order valence-corrected chi connectivity index (χ0v) is 10.2. The van der Waals surface area contributed by atoms with Gasteiger partial charge in [0, 0.05) is 11.9 Å². The third-order valence-electron chi connectivity index (χ3n) is 3.66. The maximum Gasteiger partial charge on any atom is 0.416 e. The molecule has 1 saturated carbocycles. The minimum absolute atomic E-state index is 0.0551. The van der Waals surface area contributed by atoms with Gasteiger partial charge in [-0.25, -0.2) is 9.69 Å². The zero-order chi connectivity index (χ0) is 12.7. The molecular weight excluding hydrogens is 229 g/mol. The van der Waals surface area contributed by atoms with E-state index in [1.807, 2.05) is 38.2 Å². The Morgan fingerprint density at radius 3 is 2.67 bits per heavy atom. The average molecular weight is 243 g/mol. The van der Waals surface area contributed by atoms with Crippen molar-refractivity contribution in [2.24, 2.45) is 5.92 Å². The summed E-state index contributed by atoms with van der Waals surface area (Å²) >= 11 is 0. The van der Waals surface area contributed by atoms with Crippen molar-refractivity contribution in [3.05, 3.63) is 35.9 Å². The van der Waals surface area contributed by atoms with Gasteiger partial charge in [-0.2, -0.15) is 0 Å². The Bertz CT molecular complexity index is 490. The standard InChI is InChI=1S/C13H14BNO3/c14-11-7-18-13(17)15(11)12(16)10-6-9(10)8-4-2-1-3-5-8/h1-5,9-11H,6-7,14H2/t9-,10?,11+/m0/s1. The zero-order valence-electron chi connectivity index (χ0n) is 10.2. The van der Waals surface area contributed by atoms with Gasteiger partial charge < -0.3 is 4.74 Å². The molecule has 0 radical (unpaired) electrons. The van der Waals surface area contributed by atoms with E-state index in [0.29, 0.717) is 6.61 Å². The number of hydrogen-bond acceptors (Lipinski definition) is 3. The van der Waals surface area contributed by atoms with Crippen molar-refractivity contribution >= 4 is 19.8 Å². The lowest BCUT2D eigenvalue weighted by Gasteiger charge is -2.15. The number of amides is 2. The molecule has 1 aliphatic heterocycles. The van der Waals surface area contributed by atoms with Crippen molar-refractivity contribution < 1.29 is 14.3 Å². The van der Waals surface area contributed by atoms with Gasteiger partial charge in [-0.05, 0) is 17.9 Å². The van der Waals surface area contributed by atoms with Gasteiger partial charge in [0.1, 0.15) is 14.5 Å². The minimum atomic E-state index is -0.494. The second kappa shape index (κ2) is 4.16. The van der Waals surface area contributed by atoms with E-state index in [-0.39, 0.29) is 23.7 Å². The van der Waals surface area contributed by atoms with Crippen molar-refractivity contribution in [3.8, 4) is 0 Å². The molecule has 5 heteroatoms. The molecule has 0 N–H and O–H groups in total. The fourth-order valence-electron chi connectivity index (χ4n) is 2.54. The van der Waals surface area contributed by atoms with Gasteiger partial charge in [0.2, 0.25) is 5.91 Å². The topological polar surface area (TPSA) is 46.6 Å². The average Bonchev–Trinajstić information content (AvgIpc) is 3.11. The number of hydrogen-bond donors (Lipinski definition) is 0. The number of carbonyl (C=O) groups excluding carboxylic acids is 2. The molecule has 18 heavy (non-hydrogen) atoms. The summed E-state index contributed by atoms with van der Waals surface area (Å²) in [7, 11) is 1.84. The molecule has 3 rings (SSSR count). The highest BCUT2D eigenvalue weighted by Crippen LogP contribution is 2.48. The van der Waals surface area contributed by atoms with E-state index in [0.717, 1.165) is 6.42 Å². The molecule has 4 nitrogen and oxygen atoms in total. The molecule has 3 atom stereocenters. The van der Waals surface area contributed by atoms with Crippen molar-refractivity contribution in [1.29, 1.82) is 0 Å². The molecule has 1 aromatic carbocycles. The summed E-state index contributed by atoms with van der Waals surface area (Å²) in [6.45, 7) is 0.313. The third-order valence-corrected chi connectivity index (χ3v) is 3.66. The number of rotatable bonds is 2. The van der Waals surface area contributed by atoms with Crippen LogP contribution in [-0.2, 0) is 9.53 Å². The summed E-state index contributed by atoms with van der Waals surface area (Å²) in [5.74, 6) is -0.0133. The number of imide groups is 1. The van der Waals surface area contributed by atoms with Crippen LogP contribution in [0.5, 0.6) is 0 Å². The molecular formula is C13H14BNO3. The van der Waals surface area contributed by atoms with Crippen LogP contribution in [0.2, 0.25) is 0 Å². The van der Waals surface area contributed by atoms with Crippen LogP contribution in [0, 0.1) is 5.92 Å². The summed E-state index contributed by atoms with van der Waals surface area (Å²) in [6, 6.07) is 9.97. The van der Waals surface area contributed by atoms with Crippen molar-refractivity contribution in [2.45, 2.75) is 18.3 Å². The van der Waals surface area contributed by atoms with Gasteiger partial charge in [-0.3, -0.25) is 4.79 Å². The summed E-state index contributed by atoms with van der Waals surface area (Å²) in [6.07, 6.45) is 0.338. The molecule has 1 heterocycles. The molecule has 0 spiro atoms. The molecule has 2 aliphatic rings. The molecule has 0 bridgehead atoms. The van der Waals surface area contributed by atoms with Gasteiger partial charge in [-0.15, -0.1) is 0 Å². The Labute approximate surface area is 106 Å². The second-order valence-electron chi connectivity index (χ2n) is 4.99. The van der Waals surface area contributed by atoms with Gasteiger partial charge >= 0.3 is 6.09 Å². The van der Waals surface area contributed by atoms with E-state index < -0.39 is 6.09 Å². The van der Waals surface area contributed by atoms with E-state index in [2.05, 4.69) is 0 Å². The monoisotopic (exact) mass is 243 g/mol. The van der Waals surface area contributed by atoms with Crippen molar-refractivity contribution in [2.75, 3.05) is 6.61 Å². The first-order valence-corrected chi connectivity index (χ1v) is 6.23. The van der Waals surface area contributed by atoms with Gasteiger partial charge in [0.05, 0.1) is 0 Å². The summed E-state index contributed by atoms with van der Waals surface area (Å²) in [5.41, 5.74) is 1.18. The highest BCUT2D eigenvalue weighted by molar-refractivity contribution is 6.16. The largest absolute Gasteiger partial charge is 0.448 e. The quantitative estimate of drug-likeness (QED) is 0.719. The summed E-state index contributed by atoms with van der Waals surface area (Å²) < 4.78 is 4.88. The van der Waals surface area contributed by atoms with E-state index in [9.17, 15) is 9.59 Å². The van der Waals surface area contributed by atoms with Crippen LogP contribution < -0.4 is 0 Å². The molecule has 0 aromatic heterocycles. The smallest absolute Gasteiger partial charge is 0.416 e. The lowest BCUT2D eigenvalue weighted by Crippen LogP contribution is -2.40. The molecule has 1 aliphatic carbocycles. The van der Waals surface area contributed by atoms with E-state index in [4.69, 9.17) is 4.74 Å². The highest BCUT2D eigenvalue weighted by Gasteiger charge is 2.49. The van der Waals surface area contributed by atoms with E-state index in [1.54, 1.807) is 0 Å². The number of cyclic esters (lactones) is 1. The lowest BCUT2D eigenvalue weighted by molar-refractivity contribution is -0.129. The predicted octanol–water partition coefficient (Wildman–Crippen LogP) is 0.728. The Kier molecular flexibility index (Phi) is 2.61. The molecule has 2 amide bonds. The van der Waals surface area contributed by atoms with Crippen LogP contribution in [0.25, 0.3) is 0 Å². The predicted molar refractivity (Wildman–Crippen MR) is 67.8 cm³/mol. The van der Waals surface area contributed by atoms with Crippen molar-refractivity contribution in [3.63, 3.8) is 0 Å². The SMILES string of the molecule is B[C@H]1COC(=O)N1C(=O)C1C[C@H]1c1ccccc1. The van der Waals surface area contributed by atoms with Crippen LogP contribution in [0.15, 0.2) is 30.3 Å². The first kappa shape index (κ1) is 11.3. The molecule has 92 valence electrons. The van der Waals surface area contributed by atoms with Gasteiger partial charge in [0.25, 0.3) is 0 Å². The Morgan fingerprint density at radius 1 is 1.33 bits per heavy atom. The normalized spacial score (nSPS) is 30.1. The number of benzene rings is 1. The van der Waals surface area contributed by atoms with E-state index >= 15 is 0 Å². The molecule has 1 aromatic rings. The Balaban J connectivity index is 1.71. The second-order valence-corrected chi connectivity index (χ2v) is 4.99. The van der Waals surface area contributed by atoms with Crippen molar-refractivity contribution in [1.82, 2.24) is 4.90 Å². The summed E-state index contributed by atoms with van der Waals surface area (Å²) in [4.78, 5) is 25.0. The Hall–Kier alpha value is -1.78. The highest BCUT2D eigenvalue weighted by atomic mass is 16.6. The first-order chi connectivity index (χ1) is 8.68. The van der Waals surface area contributed by atoms with Crippen LogP contribution in [0.3, 0.4) is 0 Å². The Morgan fingerprint density at radius 2 is 2.06 bits per heavy atom. The minimum Gasteiger partial charge on any atom is -0.448 e. The van der Waals surface area contributed by atoms with Crippen LogP contribution in [0.1, 0.15) is 17.9 Å². The molecule has 1 unspecified atom stereocenters. The molecule has 2 fully saturated rings. The number of ether oxygens (including phenoxy) is 1. The number of carbonyl (C=O) groups is 2. The lowest BCUT2D eigenvalue weighted by atomic mass is 9.96. The van der Waals surface area contributed by atoms with Crippen LogP contribution >= 0.6 is 0 Å². The molecule has 1 saturated heterocycles. The number of nitrogens with zero attached hydrogens (tertiary/aromatic N) is 1. The fraction of sp³-hybridized carbons (Fsp3) is 0.385. The first-order valence-electron chi connectivity index (χ1n) is 6.23. The maximum atomic E-state index is 12.2. The maximum absolute atomic E-state index is 12.2.